The minimum absolute atomic E-state index is 0. The van der Waals surface area contributed by atoms with Crippen LogP contribution >= 0.6 is 24.8 Å². The molecule has 1 aliphatic heterocycles. The largest absolute Gasteiger partial charge is 0.392 e. The van der Waals surface area contributed by atoms with Gasteiger partial charge in [0, 0.05) is 38.6 Å². The first kappa shape index (κ1) is 22.2. The lowest BCUT2D eigenvalue weighted by Gasteiger charge is -2.41. The molecule has 0 aromatic carbocycles. The molecule has 2 unspecified atom stereocenters. The number of nitrogens with two attached hydrogens (primary N) is 1. The van der Waals surface area contributed by atoms with E-state index in [2.05, 4.69) is 11.8 Å². The Bertz CT molecular complexity index is 268. The molecule has 7 heteroatoms. The molecule has 0 radical (unpaired) electrons. The molecule has 20 heavy (non-hydrogen) atoms. The molecule has 3 N–H and O–H groups in total. The number of β-amino-alcohol motifs (C(OH)–C–C–N with tert-alkyl or cyclic N) is 1. The van der Waals surface area contributed by atoms with Crippen molar-refractivity contribution < 1.29 is 9.90 Å². The normalized spacial score (nSPS) is 20.8. The van der Waals surface area contributed by atoms with Crippen LogP contribution in [0, 0.1) is 0 Å². The molecule has 1 amide bonds. The molecule has 2 atom stereocenters. The number of hydrogen-bond acceptors (Lipinski definition) is 4. The van der Waals surface area contributed by atoms with Crippen molar-refractivity contribution in [2.45, 2.75) is 45.3 Å². The predicted octanol–water partition coefficient (Wildman–Crippen LogP) is 0.873. The second kappa shape index (κ2) is 11.6. The zero-order chi connectivity index (χ0) is 13.5. The number of rotatable bonds is 6. The lowest BCUT2D eigenvalue weighted by Crippen LogP contribution is -2.55. The van der Waals surface area contributed by atoms with E-state index >= 15 is 0 Å². The van der Waals surface area contributed by atoms with E-state index in [1.807, 2.05) is 11.8 Å². The van der Waals surface area contributed by atoms with Crippen molar-refractivity contribution >= 4 is 30.7 Å². The molecule has 0 aromatic heterocycles. The predicted molar refractivity (Wildman–Crippen MR) is 86.7 cm³/mol. The van der Waals surface area contributed by atoms with E-state index in [0.29, 0.717) is 25.6 Å². The third-order valence-electron chi connectivity index (χ3n) is 3.52. The van der Waals surface area contributed by atoms with Gasteiger partial charge in [-0.3, -0.25) is 9.69 Å². The Morgan fingerprint density at radius 2 is 2.05 bits per heavy atom. The summed E-state index contributed by atoms with van der Waals surface area (Å²) >= 11 is 0. The van der Waals surface area contributed by atoms with Crippen LogP contribution in [0.5, 0.6) is 0 Å². The maximum absolute atomic E-state index is 11.9. The van der Waals surface area contributed by atoms with Crippen molar-refractivity contribution in [1.82, 2.24) is 9.80 Å². The molecule has 0 aliphatic carbocycles. The number of amides is 1. The SMILES string of the molecule is CCC1CN(C(=O)CCCN)CCN1CC(C)O.Cl.Cl. The van der Waals surface area contributed by atoms with Gasteiger partial charge in [0.15, 0.2) is 0 Å². The van der Waals surface area contributed by atoms with Crippen LogP contribution < -0.4 is 5.73 Å². The maximum atomic E-state index is 11.9. The van der Waals surface area contributed by atoms with Crippen molar-refractivity contribution in [3.05, 3.63) is 0 Å². The van der Waals surface area contributed by atoms with Gasteiger partial charge in [-0.05, 0) is 26.3 Å². The van der Waals surface area contributed by atoms with E-state index in [0.717, 1.165) is 32.5 Å². The summed E-state index contributed by atoms with van der Waals surface area (Å²) in [5.41, 5.74) is 5.43. The van der Waals surface area contributed by atoms with E-state index in [9.17, 15) is 9.90 Å². The van der Waals surface area contributed by atoms with Gasteiger partial charge in [-0.25, -0.2) is 0 Å². The van der Waals surface area contributed by atoms with Gasteiger partial charge in [0.25, 0.3) is 0 Å². The zero-order valence-electron chi connectivity index (χ0n) is 12.5. The molecule has 0 spiro atoms. The van der Waals surface area contributed by atoms with Gasteiger partial charge in [-0.2, -0.15) is 0 Å². The fourth-order valence-corrected chi connectivity index (χ4v) is 2.50. The van der Waals surface area contributed by atoms with Gasteiger partial charge in [-0.15, -0.1) is 24.8 Å². The number of aliphatic hydroxyl groups excluding tert-OH is 1. The van der Waals surface area contributed by atoms with Gasteiger partial charge in [0.2, 0.25) is 5.91 Å². The summed E-state index contributed by atoms with van der Waals surface area (Å²) in [6.45, 7) is 7.63. The van der Waals surface area contributed by atoms with Crippen LogP contribution in [0.3, 0.4) is 0 Å². The molecular weight excluding hydrogens is 301 g/mol. The van der Waals surface area contributed by atoms with E-state index in [1.165, 1.54) is 0 Å². The highest BCUT2D eigenvalue weighted by molar-refractivity contribution is 5.85. The Morgan fingerprint density at radius 3 is 2.55 bits per heavy atom. The average Bonchev–Trinajstić information content (AvgIpc) is 2.35. The second-order valence-electron chi connectivity index (χ2n) is 5.14. The molecular formula is C13H29Cl2N3O2. The van der Waals surface area contributed by atoms with E-state index in [-0.39, 0.29) is 36.8 Å². The van der Waals surface area contributed by atoms with Crippen LogP contribution in [0.15, 0.2) is 0 Å². The third-order valence-corrected chi connectivity index (χ3v) is 3.52. The molecule has 1 heterocycles. The highest BCUT2D eigenvalue weighted by Gasteiger charge is 2.28. The molecule has 1 saturated heterocycles. The van der Waals surface area contributed by atoms with Crippen LogP contribution in [0.25, 0.3) is 0 Å². The van der Waals surface area contributed by atoms with Crippen LogP contribution in [-0.2, 0) is 4.79 Å². The van der Waals surface area contributed by atoms with Gasteiger partial charge in [-0.1, -0.05) is 6.92 Å². The standard InChI is InChI=1S/C13H27N3O2.2ClH/c1-3-12-10-16(13(18)5-4-6-14)8-7-15(12)9-11(2)17;;/h11-12,17H,3-10,14H2,1-2H3;2*1H. The second-order valence-corrected chi connectivity index (χ2v) is 5.14. The lowest BCUT2D eigenvalue weighted by molar-refractivity contribution is -0.134. The highest BCUT2D eigenvalue weighted by atomic mass is 35.5. The number of aliphatic hydroxyl groups is 1. The van der Waals surface area contributed by atoms with Crippen molar-refractivity contribution in [2.24, 2.45) is 5.73 Å². The van der Waals surface area contributed by atoms with Crippen molar-refractivity contribution in [1.29, 1.82) is 0 Å². The lowest BCUT2D eigenvalue weighted by atomic mass is 10.1. The van der Waals surface area contributed by atoms with E-state index in [4.69, 9.17) is 5.73 Å². The average molecular weight is 330 g/mol. The highest BCUT2D eigenvalue weighted by Crippen LogP contribution is 2.14. The Kier molecular flexibility index (Phi) is 12.9. The fourth-order valence-electron chi connectivity index (χ4n) is 2.50. The van der Waals surface area contributed by atoms with Crippen LogP contribution in [0.1, 0.15) is 33.1 Å². The summed E-state index contributed by atoms with van der Waals surface area (Å²) in [7, 11) is 0. The molecule has 122 valence electrons. The number of hydrogen-bond donors (Lipinski definition) is 2. The Morgan fingerprint density at radius 1 is 1.40 bits per heavy atom. The minimum Gasteiger partial charge on any atom is -0.392 e. The van der Waals surface area contributed by atoms with Gasteiger partial charge in [0.1, 0.15) is 0 Å². The Hall–Kier alpha value is -0.0700. The number of carbonyl (C=O) groups is 1. The minimum atomic E-state index is -0.307. The Labute approximate surface area is 134 Å². The molecule has 1 aliphatic rings. The topological polar surface area (TPSA) is 69.8 Å². The number of halogens is 2. The summed E-state index contributed by atoms with van der Waals surface area (Å²) in [5.74, 6) is 0.218. The zero-order valence-corrected chi connectivity index (χ0v) is 14.1. The summed E-state index contributed by atoms with van der Waals surface area (Å²) in [4.78, 5) is 16.2. The first-order valence-electron chi connectivity index (χ1n) is 6.98. The smallest absolute Gasteiger partial charge is 0.222 e. The molecule has 0 saturated carbocycles. The monoisotopic (exact) mass is 329 g/mol. The van der Waals surface area contributed by atoms with Gasteiger partial charge < -0.3 is 15.7 Å². The number of piperazine rings is 1. The number of carbonyl (C=O) groups excluding carboxylic acids is 1. The Balaban J connectivity index is 0. The summed E-state index contributed by atoms with van der Waals surface area (Å²) in [6.07, 6.45) is 2.03. The molecule has 1 rings (SSSR count). The fraction of sp³-hybridized carbons (Fsp3) is 0.923. The van der Waals surface area contributed by atoms with Crippen molar-refractivity contribution in [2.75, 3.05) is 32.7 Å². The van der Waals surface area contributed by atoms with Crippen LogP contribution in [0.4, 0.5) is 0 Å². The van der Waals surface area contributed by atoms with Crippen LogP contribution in [-0.4, -0.2) is 65.7 Å². The van der Waals surface area contributed by atoms with E-state index < -0.39 is 0 Å². The van der Waals surface area contributed by atoms with Gasteiger partial charge >= 0.3 is 0 Å². The van der Waals surface area contributed by atoms with E-state index in [1.54, 1.807) is 0 Å². The first-order valence-corrected chi connectivity index (χ1v) is 6.98. The summed E-state index contributed by atoms with van der Waals surface area (Å²) in [5, 5.41) is 9.47. The van der Waals surface area contributed by atoms with Gasteiger partial charge in [0.05, 0.1) is 6.10 Å². The molecule has 0 bridgehead atoms. The van der Waals surface area contributed by atoms with Crippen molar-refractivity contribution in [3.8, 4) is 0 Å². The molecule has 1 fully saturated rings. The summed E-state index contributed by atoms with van der Waals surface area (Å²) in [6, 6.07) is 0.371. The van der Waals surface area contributed by atoms with Crippen LogP contribution in [0.2, 0.25) is 0 Å². The number of nitrogens with zero attached hydrogens (tertiary/aromatic N) is 2. The summed E-state index contributed by atoms with van der Waals surface area (Å²) < 4.78 is 0. The van der Waals surface area contributed by atoms with Crippen molar-refractivity contribution in [3.63, 3.8) is 0 Å². The maximum Gasteiger partial charge on any atom is 0.222 e. The third kappa shape index (κ3) is 7.09. The first-order chi connectivity index (χ1) is 8.58. The molecule has 0 aromatic rings. The quantitative estimate of drug-likeness (QED) is 0.758. The molecule has 5 nitrogen and oxygen atoms in total.